The molecule has 14 heavy (non-hydrogen) atoms. The minimum atomic E-state index is -4.67. The molecule has 0 saturated carbocycles. The molecule has 1 atom stereocenters. The molecule has 3 N–H and O–H groups in total. The van der Waals surface area contributed by atoms with Crippen LogP contribution in [0.4, 0.5) is 0 Å². The first-order chi connectivity index (χ1) is 6.09. The number of quaternary nitrogens is 1. The van der Waals surface area contributed by atoms with Crippen molar-refractivity contribution in [3.05, 3.63) is 0 Å². The van der Waals surface area contributed by atoms with Gasteiger partial charge in [-0.3, -0.25) is 0 Å². The number of aliphatic carboxylic acids is 1. The smallest absolute Gasteiger partial charge is 0.137 e. The lowest BCUT2D eigenvalue weighted by molar-refractivity contribution is -0.497. The van der Waals surface area contributed by atoms with Crippen molar-refractivity contribution in [2.24, 2.45) is 5.92 Å². The Kier molecular flexibility index (Phi) is 4.27. The van der Waals surface area contributed by atoms with Gasteiger partial charge in [0.2, 0.25) is 0 Å². The van der Waals surface area contributed by atoms with Crippen LogP contribution in [-0.4, -0.2) is 17.7 Å². The second-order valence-electron chi connectivity index (χ2n) is 3.68. The average Bonchev–Trinajstić information content (AvgIpc) is 1.97. The molecule has 0 radical (unpaired) electrons. The van der Waals surface area contributed by atoms with Crippen molar-refractivity contribution in [2.75, 3.05) is 6.16 Å². The fraction of sp³-hybridized carbons (Fsp3) is 0.857. The fourth-order valence-electron chi connectivity index (χ4n) is 0.963. The van der Waals surface area contributed by atoms with E-state index in [1.54, 1.807) is 13.8 Å². The van der Waals surface area contributed by atoms with Gasteiger partial charge in [-0.05, 0) is 6.16 Å². The largest absolute Gasteiger partial charge is 0.811 e. The molecule has 0 aromatic carbocycles. The van der Waals surface area contributed by atoms with Crippen molar-refractivity contribution < 1.29 is 30.0 Å². The highest BCUT2D eigenvalue weighted by atomic mass is 31.2. The SMILES string of the molecule is CC(C)[C@@]([NH3+])(CCP(=O)([O-])[O-])C(=O)[O-]. The van der Waals surface area contributed by atoms with Gasteiger partial charge in [-0.15, -0.1) is 0 Å². The van der Waals surface area contributed by atoms with E-state index in [1.165, 1.54) is 0 Å². The molecule has 0 bridgehead atoms. The Hall–Kier alpha value is -0.420. The lowest BCUT2D eigenvalue weighted by Gasteiger charge is -2.36. The van der Waals surface area contributed by atoms with Crippen LogP contribution in [0.25, 0.3) is 0 Å². The van der Waals surface area contributed by atoms with Gasteiger partial charge in [-0.25, -0.2) is 0 Å². The van der Waals surface area contributed by atoms with E-state index in [0.29, 0.717) is 0 Å². The molecule has 0 fully saturated rings. The fourth-order valence-corrected chi connectivity index (χ4v) is 1.64. The molecule has 0 aliphatic heterocycles. The molecule has 7 heteroatoms. The molecule has 0 spiro atoms. The van der Waals surface area contributed by atoms with E-state index >= 15 is 0 Å². The summed E-state index contributed by atoms with van der Waals surface area (Å²) in [7, 11) is -4.67. The van der Waals surface area contributed by atoms with Gasteiger partial charge >= 0.3 is 0 Å². The second-order valence-corrected chi connectivity index (χ2v) is 5.35. The van der Waals surface area contributed by atoms with E-state index in [9.17, 15) is 24.3 Å². The lowest BCUT2D eigenvalue weighted by Crippen LogP contribution is -2.82. The highest BCUT2D eigenvalue weighted by molar-refractivity contribution is 7.48. The molecular weight excluding hydrogens is 209 g/mol. The molecule has 0 heterocycles. The Morgan fingerprint density at radius 3 is 2.14 bits per heavy atom. The molecule has 0 rings (SSSR count). The van der Waals surface area contributed by atoms with Crippen molar-refractivity contribution >= 4 is 13.6 Å². The zero-order valence-corrected chi connectivity index (χ0v) is 9.08. The van der Waals surface area contributed by atoms with Gasteiger partial charge in [-0.1, -0.05) is 21.4 Å². The Morgan fingerprint density at radius 2 is 1.93 bits per heavy atom. The van der Waals surface area contributed by atoms with E-state index in [4.69, 9.17) is 0 Å². The summed E-state index contributed by atoms with van der Waals surface area (Å²) in [6.07, 6.45) is -1.01. The summed E-state index contributed by atoms with van der Waals surface area (Å²) in [6, 6.07) is 0. The minimum absolute atomic E-state index is 0.308. The summed E-state index contributed by atoms with van der Waals surface area (Å²) < 4.78 is 10.4. The highest BCUT2D eigenvalue weighted by Gasteiger charge is 2.34. The monoisotopic (exact) mass is 223 g/mol. The van der Waals surface area contributed by atoms with E-state index in [2.05, 4.69) is 5.73 Å². The summed E-state index contributed by atoms with van der Waals surface area (Å²) in [4.78, 5) is 31.4. The van der Waals surface area contributed by atoms with Crippen LogP contribution in [0.3, 0.4) is 0 Å². The van der Waals surface area contributed by atoms with Crippen molar-refractivity contribution in [2.45, 2.75) is 25.8 Å². The van der Waals surface area contributed by atoms with E-state index < -0.39 is 25.3 Å². The molecular formula is C7H14NO5P-2. The Balaban J connectivity index is 4.56. The van der Waals surface area contributed by atoms with Crippen molar-refractivity contribution in [3.8, 4) is 0 Å². The predicted molar refractivity (Wildman–Crippen MR) is 42.6 cm³/mol. The molecule has 0 saturated heterocycles. The predicted octanol–water partition coefficient (Wildman–Crippen LogP) is -3.32. The number of hydrogen-bond donors (Lipinski definition) is 1. The van der Waals surface area contributed by atoms with Crippen LogP contribution >= 0.6 is 7.60 Å². The van der Waals surface area contributed by atoms with Crippen LogP contribution in [-0.2, 0) is 9.36 Å². The van der Waals surface area contributed by atoms with Crippen LogP contribution < -0.4 is 20.6 Å². The Bertz CT molecular complexity index is 261. The summed E-state index contributed by atoms with van der Waals surface area (Å²) in [5.74, 6) is -1.82. The van der Waals surface area contributed by atoms with Gasteiger partial charge in [0.1, 0.15) is 11.5 Å². The Labute approximate surface area is 82.3 Å². The maximum absolute atomic E-state index is 10.7. The standard InChI is InChI=1S/C7H16NO5P/c1-5(2)7(8,6(9)10)3-4-14(11,12)13/h5H,3-4,8H2,1-2H3,(H,9,10)(H2,11,12,13)/p-2/t7-/m0/s1. The van der Waals surface area contributed by atoms with Crippen molar-refractivity contribution in [3.63, 3.8) is 0 Å². The lowest BCUT2D eigenvalue weighted by atomic mass is 9.85. The first kappa shape index (κ1) is 13.6. The normalized spacial score (nSPS) is 16.7. The van der Waals surface area contributed by atoms with E-state index in [-0.39, 0.29) is 12.3 Å². The molecule has 0 unspecified atom stereocenters. The Morgan fingerprint density at radius 1 is 1.50 bits per heavy atom. The minimum Gasteiger partial charge on any atom is -0.811 e. The van der Waals surface area contributed by atoms with Gasteiger partial charge in [0, 0.05) is 12.3 Å². The first-order valence-electron chi connectivity index (χ1n) is 4.17. The third kappa shape index (κ3) is 3.75. The van der Waals surface area contributed by atoms with Gasteiger partial charge in [0.05, 0.1) is 0 Å². The molecule has 0 aliphatic carbocycles. The molecule has 84 valence electrons. The second kappa shape index (κ2) is 4.40. The summed E-state index contributed by atoms with van der Waals surface area (Å²) in [5, 5.41) is 10.7. The summed E-state index contributed by atoms with van der Waals surface area (Å²) in [5.41, 5.74) is 1.90. The third-order valence-electron chi connectivity index (χ3n) is 2.34. The highest BCUT2D eigenvalue weighted by Crippen LogP contribution is 2.28. The van der Waals surface area contributed by atoms with Crippen LogP contribution in [0, 0.1) is 5.92 Å². The number of hydrogen-bond acceptors (Lipinski definition) is 5. The number of carbonyl (C=O) groups is 1. The molecule has 0 aromatic heterocycles. The van der Waals surface area contributed by atoms with Crippen molar-refractivity contribution in [1.82, 2.24) is 0 Å². The first-order valence-corrected chi connectivity index (χ1v) is 5.90. The third-order valence-corrected chi connectivity index (χ3v) is 3.11. The quantitative estimate of drug-likeness (QED) is 0.487. The zero-order chi connectivity index (χ0) is 11.6. The van der Waals surface area contributed by atoms with Crippen LogP contribution in [0.15, 0.2) is 0 Å². The van der Waals surface area contributed by atoms with E-state index in [1.807, 2.05) is 0 Å². The van der Waals surface area contributed by atoms with Crippen molar-refractivity contribution in [1.29, 1.82) is 0 Å². The van der Waals surface area contributed by atoms with Gasteiger partial charge < -0.3 is 30.0 Å². The van der Waals surface area contributed by atoms with Crippen LogP contribution in [0.5, 0.6) is 0 Å². The summed E-state index contributed by atoms with van der Waals surface area (Å²) >= 11 is 0. The maximum Gasteiger partial charge on any atom is 0.137 e. The van der Waals surface area contributed by atoms with E-state index in [0.717, 1.165) is 0 Å². The molecule has 0 aliphatic rings. The maximum atomic E-state index is 10.7. The van der Waals surface area contributed by atoms with Crippen LogP contribution in [0.1, 0.15) is 20.3 Å². The molecule has 0 aromatic rings. The summed E-state index contributed by atoms with van der Waals surface area (Å²) in [6.45, 7) is 3.17. The zero-order valence-electron chi connectivity index (χ0n) is 8.19. The number of carboxylic acids is 1. The van der Waals surface area contributed by atoms with Gasteiger partial charge in [0.25, 0.3) is 0 Å². The topological polar surface area (TPSA) is 131 Å². The average molecular weight is 223 g/mol. The molecule has 6 nitrogen and oxygen atoms in total. The number of rotatable bonds is 5. The van der Waals surface area contributed by atoms with Gasteiger partial charge in [-0.2, -0.15) is 0 Å². The van der Waals surface area contributed by atoms with Crippen LogP contribution in [0.2, 0.25) is 0 Å². The number of carboxylic acid groups (broad SMARTS) is 1. The molecule has 0 amide bonds. The number of carbonyl (C=O) groups excluding carboxylic acids is 1. The van der Waals surface area contributed by atoms with Gasteiger partial charge in [0.15, 0.2) is 0 Å².